The summed E-state index contributed by atoms with van der Waals surface area (Å²) in [6.45, 7) is 2.07. The molecule has 0 saturated carbocycles. The fourth-order valence-corrected chi connectivity index (χ4v) is 1.33. The number of nitrogens with zero attached hydrogens (tertiary/aromatic N) is 1. The number of aliphatic carboxylic acids is 1. The molecule has 18 heavy (non-hydrogen) atoms. The molecule has 7 heteroatoms. The van der Waals surface area contributed by atoms with Crippen molar-refractivity contribution < 1.29 is 19.6 Å². The van der Waals surface area contributed by atoms with E-state index in [1.807, 2.05) is 6.92 Å². The van der Waals surface area contributed by atoms with Crippen LogP contribution in [0, 0.1) is 17.0 Å². The Morgan fingerprint density at radius 1 is 1.56 bits per heavy atom. The summed E-state index contributed by atoms with van der Waals surface area (Å²) in [5.41, 5.74) is 1.52. The normalized spacial score (nSPS) is 10.1. The number of carboxylic acid groups (broad SMARTS) is 1. The zero-order valence-corrected chi connectivity index (χ0v) is 9.88. The highest BCUT2D eigenvalue weighted by molar-refractivity contribution is 5.68. The van der Waals surface area contributed by atoms with Gasteiger partial charge in [0, 0.05) is 24.4 Å². The summed E-state index contributed by atoms with van der Waals surface area (Å²) in [4.78, 5) is 20.3. The van der Waals surface area contributed by atoms with Gasteiger partial charge in [0.2, 0.25) is 0 Å². The second kappa shape index (κ2) is 6.55. The van der Waals surface area contributed by atoms with Crippen LogP contribution in [0.5, 0.6) is 0 Å². The first-order valence-corrected chi connectivity index (χ1v) is 5.29. The highest BCUT2D eigenvalue weighted by Gasteiger charge is 2.08. The Balaban J connectivity index is 2.48. The van der Waals surface area contributed by atoms with Gasteiger partial charge >= 0.3 is 5.97 Å². The number of hydrogen-bond donors (Lipinski definition) is 2. The molecule has 1 aromatic rings. The van der Waals surface area contributed by atoms with E-state index in [-0.39, 0.29) is 18.9 Å². The van der Waals surface area contributed by atoms with Crippen molar-refractivity contribution in [3.8, 4) is 0 Å². The Morgan fingerprint density at radius 2 is 2.28 bits per heavy atom. The molecule has 0 heterocycles. The molecule has 0 fully saturated rings. The third kappa shape index (κ3) is 4.38. The van der Waals surface area contributed by atoms with E-state index >= 15 is 0 Å². The number of rotatable bonds is 7. The van der Waals surface area contributed by atoms with Crippen molar-refractivity contribution in [3.63, 3.8) is 0 Å². The van der Waals surface area contributed by atoms with E-state index in [2.05, 4.69) is 5.32 Å². The van der Waals surface area contributed by atoms with Crippen LogP contribution in [0.4, 0.5) is 11.4 Å². The van der Waals surface area contributed by atoms with Crippen molar-refractivity contribution in [2.75, 3.05) is 25.1 Å². The summed E-state index contributed by atoms with van der Waals surface area (Å²) in [6.07, 6.45) is 0. The van der Waals surface area contributed by atoms with Crippen LogP contribution >= 0.6 is 0 Å². The molecule has 0 aliphatic heterocycles. The van der Waals surface area contributed by atoms with Gasteiger partial charge in [0.1, 0.15) is 6.61 Å². The minimum absolute atomic E-state index is 0.00885. The highest BCUT2D eigenvalue weighted by atomic mass is 16.6. The van der Waals surface area contributed by atoms with Crippen LogP contribution in [-0.4, -0.2) is 35.8 Å². The first-order valence-electron chi connectivity index (χ1n) is 5.29. The lowest BCUT2D eigenvalue weighted by atomic mass is 10.2. The van der Waals surface area contributed by atoms with Gasteiger partial charge < -0.3 is 15.2 Å². The molecule has 0 unspecified atom stereocenters. The average Bonchev–Trinajstić information content (AvgIpc) is 2.30. The van der Waals surface area contributed by atoms with E-state index in [9.17, 15) is 14.9 Å². The fourth-order valence-electron chi connectivity index (χ4n) is 1.33. The molecule has 0 atom stereocenters. The number of aryl methyl sites for hydroxylation is 1. The Bertz CT molecular complexity index is 447. The third-order valence-electron chi connectivity index (χ3n) is 2.22. The van der Waals surface area contributed by atoms with Gasteiger partial charge in [-0.05, 0) is 12.5 Å². The lowest BCUT2D eigenvalue weighted by molar-refractivity contribution is -0.384. The molecule has 1 aromatic carbocycles. The van der Waals surface area contributed by atoms with Crippen LogP contribution in [0.2, 0.25) is 0 Å². The number of benzene rings is 1. The van der Waals surface area contributed by atoms with E-state index in [0.717, 1.165) is 5.56 Å². The van der Waals surface area contributed by atoms with Crippen LogP contribution in [0.25, 0.3) is 0 Å². The molecule has 0 amide bonds. The summed E-state index contributed by atoms with van der Waals surface area (Å²) in [7, 11) is 0. The van der Waals surface area contributed by atoms with Crippen molar-refractivity contribution in [2.24, 2.45) is 0 Å². The average molecular weight is 254 g/mol. The van der Waals surface area contributed by atoms with E-state index in [1.54, 1.807) is 6.07 Å². The second-order valence-corrected chi connectivity index (χ2v) is 3.63. The van der Waals surface area contributed by atoms with Crippen molar-refractivity contribution in [1.82, 2.24) is 0 Å². The number of nitrogens with one attached hydrogen (secondary N) is 1. The maximum atomic E-state index is 10.6. The monoisotopic (exact) mass is 254 g/mol. The number of nitro groups is 1. The predicted octanol–water partition coefficient (Wildman–Crippen LogP) is 1.42. The van der Waals surface area contributed by atoms with Crippen LogP contribution < -0.4 is 5.32 Å². The van der Waals surface area contributed by atoms with Gasteiger partial charge in [-0.3, -0.25) is 10.1 Å². The summed E-state index contributed by atoms with van der Waals surface area (Å²) in [5.74, 6) is -1.03. The Hall–Kier alpha value is -2.15. The molecule has 0 aliphatic carbocycles. The summed E-state index contributed by atoms with van der Waals surface area (Å²) in [5, 5.41) is 21.9. The van der Waals surface area contributed by atoms with Gasteiger partial charge in [0.25, 0.3) is 5.69 Å². The molecule has 1 rings (SSSR count). The van der Waals surface area contributed by atoms with Gasteiger partial charge in [-0.2, -0.15) is 0 Å². The minimum atomic E-state index is -1.03. The van der Waals surface area contributed by atoms with E-state index in [4.69, 9.17) is 9.84 Å². The summed E-state index contributed by atoms with van der Waals surface area (Å²) < 4.78 is 4.84. The number of ether oxygens (including phenoxy) is 1. The number of carbonyl (C=O) groups is 1. The number of hydrogen-bond acceptors (Lipinski definition) is 5. The molecule has 0 spiro atoms. The van der Waals surface area contributed by atoms with E-state index in [0.29, 0.717) is 12.2 Å². The quantitative estimate of drug-likeness (QED) is 0.433. The summed E-state index contributed by atoms with van der Waals surface area (Å²) >= 11 is 0. The van der Waals surface area contributed by atoms with Crippen molar-refractivity contribution >= 4 is 17.3 Å². The zero-order chi connectivity index (χ0) is 13.5. The first-order chi connectivity index (χ1) is 8.50. The molecule has 0 aliphatic rings. The van der Waals surface area contributed by atoms with Crippen molar-refractivity contribution in [1.29, 1.82) is 0 Å². The standard InChI is InChI=1S/C11H14N2O5/c1-8-2-3-9(13(16)17)6-10(8)12-4-5-18-7-11(14)15/h2-3,6,12H,4-5,7H2,1H3,(H,14,15). The third-order valence-corrected chi connectivity index (χ3v) is 2.22. The van der Waals surface area contributed by atoms with Crippen LogP contribution in [-0.2, 0) is 9.53 Å². The zero-order valence-electron chi connectivity index (χ0n) is 9.88. The molecular weight excluding hydrogens is 240 g/mol. The van der Waals surface area contributed by atoms with Gasteiger partial charge in [-0.1, -0.05) is 6.07 Å². The number of non-ortho nitro benzene ring substituents is 1. The predicted molar refractivity (Wildman–Crippen MR) is 64.8 cm³/mol. The maximum absolute atomic E-state index is 10.6. The number of anilines is 1. The Labute approximate surface area is 104 Å². The SMILES string of the molecule is Cc1ccc([N+](=O)[O-])cc1NCCOCC(=O)O. The van der Waals surface area contributed by atoms with Crippen molar-refractivity contribution in [2.45, 2.75) is 6.92 Å². The lowest BCUT2D eigenvalue weighted by Crippen LogP contribution is -2.14. The smallest absolute Gasteiger partial charge is 0.329 e. The molecule has 0 radical (unpaired) electrons. The minimum Gasteiger partial charge on any atom is -0.480 e. The van der Waals surface area contributed by atoms with E-state index in [1.165, 1.54) is 12.1 Å². The van der Waals surface area contributed by atoms with Crippen LogP contribution in [0.15, 0.2) is 18.2 Å². The molecule has 7 nitrogen and oxygen atoms in total. The first kappa shape index (κ1) is 13.9. The Kier molecular flexibility index (Phi) is 5.06. The molecule has 0 aromatic heterocycles. The van der Waals surface area contributed by atoms with Crippen LogP contribution in [0.3, 0.4) is 0 Å². The molecule has 0 saturated heterocycles. The van der Waals surface area contributed by atoms with Crippen LogP contribution in [0.1, 0.15) is 5.56 Å². The second-order valence-electron chi connectivity index (χ2n) is 3.63. The number of nitro benzene ring substituents is 1. The van der Waals surface area contributed by atoms with Gasteiger partial charge in [-0.25, -0.2) is 4.79 Å². The highest BCUT2D eigenvalue weighted by Crippen LogP contribution is 2.21. The molecular formula is C11H14N2O5. The largest absolute Gasteiger partial charge is 0.480 e. The maximum Gasteiger partial charge on any atom is 0.329 e. The Morgan fingerprint density at radius 3 is 2.89 bits per heavy atom. The lowest BCUT2D eigenvalue weighted by Gasteiger charge is -2.09. The van der Waals surface area contributed by atoms with Gasteiger partial charge in [0.15, 0.2) is 0 Å². The van der Waals surface area contributed by atoms with E-state index < -0.39 is 10.9 Å². The molecule has 0 bridgehead atoms. The molecule has 2 N–H and O–H groups in total. The fraction of sp³-hybridized carbons (Fsp3) is 0.364. The van der Waals surface area contributed by atoms with Crippen molar-refractivity contribution in [3.05, 3.63) is 33.9 Å². The molecule has 98 valence electrons. The summed E-state index contributed by atoms with van der Waals surface area (Å²) in [6, 6.07) is 4.52. The van der Waals surface area contributed by atoms with Gasteiger partial charge in [-0.15, -0.1) is 0 Å². The number of carboxylic acids is 1. The van der Waals surface area contributed by atoms with Gasteiger partial charge in [0.05, 0.1) is 11.5 Å². The topological polar surface area (TPSA) is 102 Å².